The van der Waals surface area contributed by atoms with E-state index in [1.54, 1.807) is 6.07 Å². The molecular formula is C14H11FINO2. The molecule has 0 aliphatic carbocycles. The molecule has 1 amide bonds. The molecule has 5 heteroatoms. The van der Waals surface area contributed by atoms with Gasteiger partial charge in [-0.2, -0.15) is 0 Å². The fraction of sp³-hybridized carbons (Fsp3) is 0.0714. The Morgan fingerprint density at radius 3 is 2.63 bits per heavy atom. The summed E-state index contributed by atoms with van der Waals surface area (Å²) in [7, 11) is 0. The lowest BCUT2D eigenvalue weighted by atomic mass is 10.3. The summed E-state index contributed by atoms with van der Waals surface area (Å²) in [6.07, 6.45) is 0. The Hall–Kier alpha value is -1.63. The monoisotopic (exact) mass is 371 g/mol. The highest BCUT2D eigenvalue weighted by atomic mass is 127. The van der Waals surface area contributed by atoms with Gasteiger partial charge in [0.2, 0.25) is 0 Å². The standard InChI is InChI=1S/C14H11FINO2/c15-10-4-6-13(7-5-10)19-9-14(18)17-12-3-1-2-11(16)8-12/h1-8H,9H2,(H,17,18). The second kappa shape index (κ2) is 6.51. The minimum atomic E-state index is -0.337. The van der Waals surface area contributed by atoms with Crippen LogP contribution in [0.25, 0.3) is 0 Å². The SMILES string of the molecule is O=C(COc1ccc(F)cc1)Nc1cccc(I)c1. The number of ether oxygens (including phenoxy) is 1. The lowest BCUT2D eigenvalue weighted by molar-refractivity contribution is -0.118. The van der Waals surface area contributed by atoms with Crippen molar-refractivity contribution in [3.05, 3.63) is 57.9 Å². The summed E-state index contributed by atoms with van der Waals surface area (Å²) < 4.78 is 19.0. The average Bonchev–Trinajstić information content (AvgIpc) is 2.38. The number of nitrogens with one attached hydrogen (secondary N) is 1. The Kier molecular flexibility index (Phi) is 4.73. The predicted molar refractivity (Wildman–Crippen MR) is 79.7 cm³/mol. The van der Waals surface area contributed by atoms with E-state index in [1.165, 1.54) is 24.3 Å². The highest BCUT2D eigenvalue weighted by Gasteiger charge is 2.04. The zero-order valence-electron chi connectivity index (χ0n) is 9.90. The number of rotatable bonds is 4. The Morgan fingerprint density at radius 2 is 1.95 bits per heavy atom. The van der Waals surface area contributed by atoms with Crippen LogP contribution in [0.3, 0.4) is 0 Å². The van der Waals surface area contributed by atoms with Crippen molar-refractivity contribution in [3.8, 4) is 5.75 Å². The van der Waals surface area contributed by atoms with Crippen LogP contribution in [0.5, 0.6) is 5.75 Å². The van der Waals surface area contributed by atoms with Crippen LogP contribution in [-0.4, -0.2) is 12.5 Å². The largest absolute Gasteiger partial charge is 0.484 e. The van der Waals surface area contributed by atoms with Crippen LogP contribution in [0.4, 0.5) is 10.1 Å². The maximum Gasteiger partial charge on any atom is 0.262 e. The van der Waals surface area contributed by atoms with Crippen molar-refractivity contribution < 1.29 is 13.9 Å². The molecule has 0 unspecified atom stereocenters. The molecule has 0 aromatic heterocycles. The van der Waals surface area contributed by atoms with Crippen molar-refractivity contribution in [1.82, 2.24) is 0 Å². The topological polar surface area (TPSA) is 38.3 Å². The summed E-state index contributed by atoms with van der Waals surface area (Å²) in [6, 6.07) is 13.0. The minimum Gasteiger partial charge on any atom is -0.484 e. The number of amides is 1. The van der Waals surface area contributed by atoms with Gasteiger partial charge in [-0.05, 0) is 65.1 Å². The molecule has 0 saturated carbocycles. The second-order valence-corrected chi connectivity index (χ2v) is 5.05. The molecule has 0 atom stereocenters. The second-order valence-electron chi connectivity index (χ2n) is 3.80. The van der Waals surface area contributed by atoms with E-state index in [2.05, 4.69) is 27.9 Å². The molecule has 2 aromatic carbocycles. The molecular weight excluding hydrogens is 360 g/mol. The highest BCUT2D eigenvalue weighted by molar-refractivity contribution is 14.1. The molecule has 0 fully saturated rings. The molecule has 0 heterocycles. The normalized spacial score (nSPS) is 10.0. The predicted octanol–water partition coefficient (Wildman–Crippen LogP) is 3.45. The molecule has 0 radical (unpaired) electrons. The van der Waals surface area contributed by atoms with Crippen LogP contribution in [-0.2, 0) is 4.79 Å². The third-order valence-corrected chi connectivity index (χ3v) is 2.96. The molecule has 3 nitrogen and oxygen atoms in total. The first kappa shape index (κ1) is 13.8. The van der Waals surface area contributed by atoms with Crippen LogP contribution in [0.15, 0.2) is 48.5 Å². The van der Waals surface area contributed by atoms with Gasteiger partial charge in [-0.25, -0.2) is 4.39 Å². The third-order valence-electron chi connectivity index (χ3n) is 2.29. The highest BCUT2D eigenvalue weighted by Crippen LogP contribution is 2.13. The first-order chi connectivity index (χ1) is 9.13. The third kappa shape index (κ3) is 4.51. The number of halogens is 2. The van der Waals surface area contributed by atoms with Crippen LogP contribution in [0.1, 0.15) is 0 Å². The van der Waals surface area contributed by atoms with Gasteiger partial charge in [-0.15, -0.1) is 0 Å². The van der Waals surface area contributed by atoms with Crippen LogP contribution >= 0.6 is 22.6 Å². The molecule has 19 heavy (non-hydrogen) atoms. The Labute approximate surface area is 123 Å². The molecule has 0 bridgehead atoms. The van der Waals surface area contributed by atoms with Crippen LogP contribution in [0, 0.1) is 9.39 Å². The molecule has 0 spiro atoms. The number of hydrogen-bond donors (Lipinski definition) is 1. The Balaban J connectivity index is 1.86. The number of hydrogen-bond acceptors (Lipinski definition) is 2. The molecule has 0 aliphatic rings. The van der Waals surface area contributed by atoms with Gasteiger partial charge in [0.15, 0.2) is 6.61 Å². The van der Waals surface area contributed by atoms with Gasteiger partial charge < -0.3 is 10.1 Å². The van der Waals surface area contributed by atoms with E-state index in [4.69, 9.17) is 4.74 Å². The zero-order valence-corrected chi connectivity index (χ0v) is 12.1. The van der Waals surface area contributed by atoms with E-state index in [0.29, 0.717) is 5.75 Å². The van der Waals surface area contributed by atoms with Crippen LogP contribution < -0.4 is 10.1 Å². The molecule has 0 aliphatic heterocycles. The minimum absolute atomic E-state index is 0.114. The molecule has 2 aromatic rings. The number of carbonyl (C=O) groups is 1. The molecule has 1 N–H and O–H groups in total. The van der Waals surface area contributed by atoms with Gasteiger partial charge >= 0.3 is 0 Å². The van der Waals surface area contributed by atoms with E-state index in [9.17, 15) is 9.18 Å². The van der Waals surface area contributed by atoms with E-state index >= 15 is 0 Å². The summed E-state index contributed by atoms with van der Waals surface area (Å²) in [5.41, 5.74) is 0.722. The van der Waals surface area contributed by atoms with Crippen molar-refractivity contribution in [2.75, 3.05) is 11.9 Å². The number of benzene rings is 2. The lowest BCUT2D eigenvalue weighted by Gasteiger charge is -2.07. The first-order valence-corrected chi connectivity index (χ1v) is 6.65. The van der Waals surface area contributed by atoms with E-state index in [1.807, 2.05) is 18.2 Å². The number of anilines is 1. The van der Waals surface area contributed by atoms with Crippen molar-refractivity contribution in [1.29, 1.82) is 0 Å². The lowest BCUT2D eigenvalue weighted by Crippen LogP contribution is -2.20. The summed E-state index contributed by atoms with van der Waals surface area (Å²) in [5.74, 6) is -0.138. The molecule has 98 valence electrons. The van der Waals surface area contributed by atoms with Crippen molar-refractivity contribution in [2.45, 2.75) is 0 Å². The summed E-state index contributed by atoms with van der Waals surface area (Å²) >= 11 is 2.17. The maximum atomic E-state index is 12.7. The Bertz CT molecular complexity index is 572. The number of carbonyl (C=O) groups excluding carboxylic acids is 1. The van der Waals surface area contributed by atoms with Gasteiger partial charge in [-0.3, -0.25) is 4.79 Å². The smallest absolute Gasteiger partial charge is 0.262 e. The van der Waals surface area contributed by atoms with E-state index < -0.39 is 0 Å². The van der Waals surface area contributed by atoms with E-state index in [-0.39, 0.29) is 18.3 Å². The van der Waals surface area contributed by atoms with E-state index in [0.717, 1.165) is 9.26 Å². The maximum absolute atomic E-state index is 12.7. The summed E-state index contributed by atoms with van der Waals surface area (Å²) in [6.45, 7) is -0.114. The molecule has 0 saturated heterocycles. The van der Waals surface area contributed by atoms with Crippen molar-refractivity contribution >= 4 is 34.2 Å². The van der Waals surface area contributed by atoms with Gasteiger partial charge in [0.25, 0.3) is 5.91 Å². The zero-order chi connectivity index (χ0) is 13.7. The van der Waals surface area contributed by atoms with Gasteiger partial charge in [0.05, 0.1) is 0 Å². The van der Waals surface area contributed by atoms with Crippen LogP contribution in [0.2, 0.25) is 0 Å². The Morgan fingerprint density at radius 1 is 1.21 bits per heavy atom. The van der Waals surface area contributed by atoms with Gasteiger partial charge in [-0.1, -0.05) is 6.07 Å². The van der Waals surface area contributed by atoms with Gasteiger partial charge in [0.1, 0.15) is 11.6 Å². The fourth-order valence-corrected chi connectivity index (χ4v) is 1.99. The molecule has 2 rings (SSSR count). The van der Waals surface area contributed by atoms with Crippen molar-refractivity contribution in [3.63, 3.8) is 0 Å². The summed E-state index contributed by atoms with van der Waals surface area (Å²) in [4.78, 5) is 11.7. The first-order valence-electron chi connectivity index (χ1n) is 5.57. The average molecular weight is 371 g/mol. The van der Waals surface area contributed by atoms with Crippen molar-refractivity contribution in [2.24, 2.45) is 0 Å². The fourth-order valence-electron chi connectivity index (χ4n) is 1.44. The van der Waals surface area contributed by atoms with Gasteiger partial charge in [0, 0.05) is 9.26 Å². The quantitative estimate of drug-likeness (QED) is 0.837. The summed E-state index contributed by atoms with van der Waals surface area (Å²) in [5, 5.41) is 2.72.